The fourth-order valence-corrected chi connectivity index (χ4v) is 4.54. The van der Waals surface area contributed by atoms with Gasteiger partial charge in [-0.25, -0.2) is 0 Å². The van der Waals surface area contributed by atoms with Crippen molar-refractivity contribution in [2.24, 2.45) is 17.3 Å². The van der Waals surface area contributed by atoms with Gasteiger partial charge in [-0.2, -0.15) is 0 Å². The molecule has 0 atom stereocenters. The predicted octanol–water partition coefficient (Wildman–Crippen LogP) is 8.26. The van der Waals surface area contributed by atoms with Gasteiger partial charge in [-0.05, 0) is 98.0 Å². The standard InChI is InChI=1S/C35H55NO5/c1-12-15-17-28(13-2)32(26(6)27(7)38)41-35(10,11)22-31(30(14-3)29-18-19-29)36(24-37)21-16-20-34(8,9)33(39)40-23-25(4)5/h13-15,17,24-25,29H,3,12,16,18-23H2,1-2,4-11H3/b17-15-,28-13+,31-30-,32-26+. The van der Waals surface area contributed by atoms with E-state index in [-0.39, 0.29) is 17.7 Å². The van der Waals surface area contributed by atoms with Gasteiger partial charge in [-0.15, -0.1) is 0 Å². The summed E-state index contributed by atoms with van der Waals surface area (Å²) < 4.78 is 12.1. The average Bonchev–Trinajstić information content (AvgIpc) is 3.74. The topological polar surface area (TPSA) is 72.9 Å². The Kier molecular flexibility index (Phi) is 14.6. The lowest BCUT2D eigenvalue weighted by molar-refractivity contribution is -0.155. The van der Waals surface area contributed by atoms with Crippen molar-refractivity contribution in [3.63, 3.8) is 0 Å². The molecule has 0 aromatic carbocycles. The summed E-state index contributed by atoms with van der Waals surface area (Å²) in [6, 6.07) is 0. The third-order valence-electron chi connectivity index (χ3n) is 7.29. The molecule has 0 heterocycles. The quantitative estimate of drug-likeness (QED) is 0.0515. The zero-order valence-corrected chi connectivity index (χ0v) is 27.4. The third-order valence-corrected chi connectivity index (χ3v) is 7.29. The van der Waals surface area contributed by atoms with E-state index in [4.69, 9.17) is 9.47 Å². The summed E-state index contributed by atoms with van der Waals surface area (Å²) in [7, 11) is 0. The summed E-state index contributed by atoms with van der Waals surface area (Å²) >= 11 is 0. The zero-order chi connectivity index (χ0) is 31.4. The molecule has 0 bridgehead atoms. The number of hydrogen-bond acceptors (Lipinski definition) is 5. The van der Waals surface area contributed by atoms with Gasteiger partial charge in [-0.3, -0.25) is 14.4 Å². The maximum absolute atomic E-state index is 12.7. The van der Waals surface area contributed by atoms with Crippen LogP contribution in [0.1, 0.15) is 108 Å². The summed E-state index contributed by atoms with van der Waals surface area (Å²) in [5.41, 5.74) is 1.97. The van der Waals surface area contributed by atoms with Crippen molar-refractivity contribution in [3.05, 3.63) is 59.1 Å². The van der Waals surface area contributed by atoms with E-state index in [0.717, 1.165) is 42.5 Å². The number of allylic oxidation sites excluding steroid dienone is 6. The lowest BCUT2D eigenvalue weighted by atomic mass is 9.87. The molecule has 6 nitrogen and oxygen atoms in total. The molecule has 1 amide bonds. The summed E-state index contributed by atoms with van der Waals surface area (Å²) in [6.45, 7) is 24.1. The lowest BCUT2D eigenvalue weighted by Crippen LogP contribution is -2.34. The van der Waals surface area contributed by atoms with Crippen LogP contribution in [-0.4, -0.2) is 41.8 Å². The van der Waals surface area contributed by atoms with Gasteiger partial charge in [0.05, 0.1) is 12.0 Å². The van der Waals surface area contributed by atoms with Crippen molar-refractivity contribution in [2.45, 2.75) is 113 Å². The molecule has 0 spiro atoms. The van der Waals surface area contributed by atoms with Crippen molar-refractivity contribution < 1.29 is 23.9 Å². The highest BCUT2D eigenvalue weighted by atomic mass is 16.5. The first-order valence-electron chi connectivity index (χ1n) is 15.1. The first kappa shape index (κ1) is 36.1. The number of Topliss-reactive ketones (excluding diaryl/α,β-unsaturated/α-hetero) is 1. The van der Waals surface area contributed by atoms with Crippen molar-refractivity contribution in [2.75, 3.05) is 13.2 Å². The van der Waals surface area contributed by atoms with Crippen LogP contribution >= 0.6 is 0 Å². The zero-order valence-electron chi connectivity index (χ0n) is 27.4. The van der Waals surface area contributed by atoms with Gasteiger partial charge in [0.1, 0.15) is 11.4 Å². The van der Waals surface area contributed by atoms with Crippen LogP contribution in [0.5, 0.6) is 0 Å². The van der Waals surface area contributed by atoms with Crippen LogP contribution in [0.2, 0.25) is 0 Å². The van der Waals surface area contributed by atoms with Gasteiger partial charge in [0.25, 0.3) is 0 Å². The van der Waals surface area contributed by atoms with Crippen LogP contribution in [0, 0.1) is 17.3 Å². The summed E-state index contributed by atoms with van der Waals surface area (Å²) in [5, 5.41) is 0. The summed E-state index contributed by atoms with van der Waals surface area (Å²) in [4.78, 5) is 39.3. The van der Waals surface area contributed by atoms with Gasteiger partial charge in [0, 0.05) is 29.8 Å². The van der Waals surface area contributed by atoms with E-state index >= 15 is 0 Å². The molecular formula is C35H55NO5. The minimum atomic E-state index is -0.736. The fraction of sp³-hybridized carbons (Fsp3) is 0.629. The van der Waals surface area contributed by atoms with Crippen LogP contribution in [0.4, 0.5) is 0 Å². The Morgan fingerprint density at radius 3 is 2.22 bits per heavy atom. The summed E-state index contributed by atoms with van der Waals surface area (Å²) in [5.74, 6) is 0.941. The maximum Gasteiger partial charge on any atom is 0.311 e. The number of esters is 1. The molecule has 41 heavy (non-hydrogen) atoms. The van der Waals surface area contributed by atoms with Crippen LogP contribution in [0.3, 0.4) is 0 Å². The van der Waals surface area contributed by atoms with E-state index in [9.17, 15) is 14.4 Å². The number of rotatable bonds is 19. The number of hydrogen-bond donors (Lipinski definition) is 0. The van der Waals surface area contributed by atoms with Crippen molar-refractivity contribution in [3.8, 4) is 0 Å². The van der Waals surface area contributed by atoms with Gasteiger partial charge >= 0.3 is 5.97 Å². The Bertz CT molecular complexity index is 1050. The molecule has 6 heteroatoms. The van der Waals surface area contributed by atoms with E-state index < -0.39 is 11.0 Å². The monoisotopic (exact) mass is 569 g/mol. The Morgan fingerprint density at radius 1 is 1.12 bits per heavy atom. The van der Waals surface area contributed by atoms with E-state index in [2.05, 4.69) is 13.5 Å². The van der Waals surface area contributed by atoms with Crippen LogP contribution in [0.25, 0.3) is 0 Å². The smallest absolute Gasteiger partial charge is 0.311 e. The van der Waals surface area contributed by atoms with Gasteiger partial charge in [0.2, 0.25) is 6.41 Å². The van der Waals surface area contributed by atoms with Crippen molar-refractivity contribution in [1.29, 1.82) is 0 Å². The second kappa shape index (κ2) is 16.5. The van der Waals surface area contributed by atoms with E-state index in [1.54, 1.807) is 18.7 Å². The molecule has 0 saturated heterocycles. The minimum absolute atomic E-state index is 0.0513. The molecule has 1 rings (SSSR count). The van der Waals surface area contributed by atoms with Gasteiger partial charge in [0.15, 0.2) is 5.78 Å². The first-order valence-corrected chi connectivity index (χ1v) is 15.1. The maximum atomic E-state index is 12.7. The largest absolute Gasteiger partial charge is 0.486 e. The highest BCUT2D eigenvalue weighted by molar-refractivity contribution is 5.94. The molecule has 0 N–H and O–H groups in total. The lowest BCUT2D eigenvalue weighted by Gasteiger charge is -2.34. The van der Waals surface area contributed by atoms with Crippen molar-refractivity contribution in [1.82, 2.24) is 4.90 Å². The Labute approximate surface area is 249 Å². The second-order valence-corrected chi connectivity index (χ2v) is 12.8. The van der Waals surface area contributed by atoms with Crippen LogP contribution in [0.15, 0.2) is 59.1 Å². The predicted molar refractivity (Wildman–Crippen MR) is 168 cm³/mol. The molecule has 1 aliphatic rings. The van der Waals surface area contributed by atoms with E-state index in [1.807, 2.05) is 72.8 Å². The molecular weight excluding hydrogens is 514 g/mol. The van der Waals surface area contributed by atoms with Crippen molar-refractivity contribution >= 4 is 18.2 Å². The number of carbonyl (C=O) groups is 3. The molecule has 1 saturated carbocycles. The Hall–Kier alpha value is -2.89. The van der Waals surface area contributed by atoms with E-state index in [0.29, 0.717) is 49.7 Å². The molecule has 1 aliphatic carbocycles. The number of carbonyl (C=O) groups excluding carboxylic acids is 3. The average molecular weight is 570 g/mol. The highest BCUT2D eigenvalue weighted by Crippen LogP contribution is 2.42. The minimum Gasteiger partial charge on any atom is -0.486 e. The first-order chi connectivity index (χ1) is 19.1. The molecule has 0 aliphatic heterocycles. The molecule has 1 fully saturated rings. The molecule has 0 aromatic heterocycles. The number of amides is 1. The second-order valence-electron chi connectivity index (χ2n) is 12.8. The summed E-state index contributed by atoms with van der Waals surface area (Å²) in [6.07, 6.45) is 13.4. The van der Waals surface area contributed by atoms with Gasteiger partial charge in [-0.1, -0.05) is 51.7 Å². The molecule has 0 radical (unpaired) electrons. The SMILES string of the molecule is C=C/C(=C(\CC(C)(C)OC(/C(/C=C\CC)=C/C)=C(\C)C(C)=O)N(C=O)CCCC(C)(C)C(=O)OCC(C)C)C1CC1. The van der Waals surface area contributed by atoms with Crippen LogP contribution < -0.4 is 0 Å². The van der Waals surface area contributed by atoms with E-state index in [1.165, 1.54) is 0 Å². The molecule has 0 unspecified atom stereocenters. The molecule has 230 valence electrons. The normalized spacial score (nSPS) is 15.8. The number of ketones is 1. The van der Waals surface area contributed by atoms with Gasteiger partial charge < -0.3 is 14.4 Å². The Balaban J connectivity index is 3.29. The van der Waals surface area contributed by atoms with Crippen LogP contribution in [-0.2, 0) is 23.9 Å². The highest BCUT2D eigenvalue weighted by Gasteiger charge is 2.34. The fourth-order valence-electron chi connectivity index (χ4n) is 4.54. The third kappa shape index (κ3) is 11.9. The Morgan fingerprint density at radius 2 is 1.76 bits per heavy atom. The number of nitrogens with zero attached hydrogens (tertiary/aromatic N) is 1. The molecule has 0 aromatic rings. The number of ether oxygens (including phenoxy) is 2.